The molecular weight excluding hydrogens is 188 g/mol. The van der Waals surface area contributed by atoms with Crippen LogP contribution in [0.4, 0.5) is 5.82 Å². The molecule has 15 heavy (non-hydrogen) atoms. The van der Waals surface area contributed by atoms with E-state index >= 15 is 0 Å². The highest BCUT2D eigenvalue weighted by Crippen LogP contribution is 2.22. The molecule has 1 aromatic carbocycles. The highest BCUT2D eigenvalue weighted by atomic mass is 16.5. The van der Waals surface area contributed by atoms with Crippen molar-refractivity contribution in [3.63, 3.8) is 0 Å². The van der Waals surface area contributed by atoms with Crippen molar-refractivity contribution in [1.29, 1.82) is 0 Å². The summed E-state index contributed by atoms with van der Waals surface area (Å²) in [6.45, 7) is 4.60. The molecule has 0 amide bonds. The van der Waals surface area contributed by atoms with Gasteiger partial charge in [0.05, 0.1) is 12.1 Å². The molecule has 0 bridgehead atoms. The summed E-state index contributed by atoms with van der Waals surface area (Å²) in [6.07, 6.45) is 0. The van der Waals surface area contributed by atoms with Crippen molar-refractivity contribution in [2.45, 2.75) is 13.8 Å². The van der Waals surface area contributed by atoms with Crippen LogP contribution in [0.15, 0.2) is 24.3 Å². The lowest BCUT2D eigenvalue weighted by atomic mass is 10.1. The number of anilines is 1. The zero-order valence-corrected chi connectivity index (χ0v) is 8.95. The fourth-order valence-corrected chi connectivity index (χ4v) is 1.53. The Labute approximate surface area is 88.9 Å². The minimum Gasteiger partial charge on any atom is -0.494 e. The summed E-state index contributed by atoms with van der Waals surface area (Å²) in [5.41, 5.74) is 7.64. The Bertz CT molecular complexity index is 494. The maximum Gasteiger partial charge on any atom is 0.127 e. The van der Waals surface area contributed by atoms with Crippen molar-refractivity contribution in [2.24, 2.45) is 0 Å². The lowest BCUT2D eigenvalue weighted by Gasteiger charge is -2.06. The molecule has 0 saturated carbocycles. The van der Waals surface area contributed by atoms with E-state index in [4.69, 9.17) is 10.5 Å². The maximum atomic E-state index is 5.74. The topological polar surface area (TPSA) is 48.1 Å². The standard InChI is InChI=1S/C12H14N2O/c1-3-15-10-4-5-11-9(7-10)6-8(2)12(13)14-11/h4-7H,3H2,1-2H3,(H2,13,14). The van der Waals surface area contributed by atoms with Gasteiger partial charge in [-0.2, -0.15) is 0 Å². The van der Waals surface area contributed by atoms with Gasteiger partial charge in [0.2, 0.25) is 0 Å². The second-order valence-electron chi connectivity index (χ2n) is 3.48. The van der Waals surface area contributed by atoms with E-state index in [0.29, 0.717) is 12.4 Å². The Kier molecular flexibility index (Phi) is 2.46. The van der Waals surface area contributed by atoms with Crippen LogP contribution in [0.25, 0.3) is 10.9 Å². The molecule has 0 unspecified atom stereocenters. The normalized spacial score (nSPS) is 10.5. The first kappa shape index (κ1) is 9.77. The van der Waals surface area contributed by atoms with Crippen molar-refractivity contribution in [2.75, 3.05) is 12.3 Å². The number of pyridine rings is 1. The van der Waals surface area contributed by atoms with Crippen molar-refractivity contribution >= 4 is 16.7 Å². The molecule has 1 heterocycles. The number of ether oxygens (including phenoxy) is 1. The average Bonchev–Trinajstić information content (AvgIpc) is 2.21. The van der Waals surface area contributed by atoms with Crippen LogP contribution in [-0.2, 0) is 0 Å². The van der Waals surface area contributed by atoms with E-state index in [0.717, 1.165) is 22.2 Å². The van der Waals surface area contributed by atoms with Crippen molar-refractivity contribution in [1.82, 2.24) is 4.98 Å². The summed E-state index contributed by atoms with van der Waals surface area (Å²) in [5, 5.41) is 1.06. The number of nitrogens with zero attached hydrogens (tertiary/aromatic N) is 1. The highest BCUT2D eigenvalue weighted by molar-refractivity contribution is 5.82. The van der Waals surface area contributed by atoms with Crippen molar-refractivity contribution in [3.05, 3.63) is 29.8 Å². The lowest BCUT2D eigenvalue weighted by Crippen LogP contribution is -1.95. The molecule has 0 fully saturated rings. The number of aryl methyl sites for hydroxylation is 1. The van der Waals surface area contributed by atoms with Crippen LogP contribution in [0.3, 0.4) is 0 Å². The van der Waals surface area contributed by atoms with Gasteiger partial charge in [0.25, 0.3) is 0 Å². The Hall–Kier alpha value is -1.77. The molecule has 78 valence electrons. The SMILES string of the molecule is CCOc1ccc2nc(N)c(C)cc2c1. The van der Waals surface area contributed by atoms with E-state index < -0.39 is 0 Å². The number of benzene rings is 1. The summed E-state index contributed by atoms with van der Waals surface area (Å²) in [5.74, 6) is 1.46. The number of hydrogen-bond acceptors (Lipinski definition) is 3. The third kappa shape index (κ3) is 1.86. The summed E-state index contributed by atoms with van der Waals surface area (Å²) >= 11 is 0. The molecule has 2 aromatic rings. The minimum atomic E-state index is 0.589. The number of nitrogens with two attached hydrogens (primary N) is 1. The third-order valence-electron chi connectivity index (χ3n) is 2.33. The molecule has 3 nitrogen and oxygen atoms in total. The van der Waals surface area contributed by atoms with Gasteiger partial charge >= 0.3 is 0 Å². The van der Waals surface area contributed by atoms with E-state index in [1.54, 1.807) is 0 Å². The highest BCUT2D eigenvalue weighted by Gasteiger charge is 2.01. The molecule has 1 aromatic heterocycles. The molecule has 0 saturated heterocycles. The second-order valence-corrected chi connectivity index (χ2v) is 3.48. The number of fused-ring (bicyclic) bond motifs is 1. The van der Waals surface area contributed by atoms with Gasteiger partial charge in [0.15, 0.2) is 0 Å². The number of nitrogen functional groups attached to an aromatic ring is 1. The summed E-state index contributed by atoms with van der Waals surface area (Å²) in [6, 6.07) is 7.85. The first-order valence-corrected chi connectivity index (χ1v) is 5.00. The molecular formula is C12H14N2O. The van der Waals surface area contributed by atoms with Gasteiger partial charge in [0.1, 0.15) is 11.6 Å². The van der Waals surface area contributed by atoms with Crippen LogP contribution < -0.4 is 10.5 Å². The molecule has 0 aliphatic heterocycles. The van der Waals surface area contributed by atoms with Crippen LogP contribution in [0.1, 0.15) is 12.5 Å². The van der Waals surface area contributed by atoms with Gasteiger partial charge in [-0.15, -0.1) is 0 Å². The number of rotatable bonds is 2. The Morgan fingerprint density at radius 1 is 1.33 bits per heavy atom. The van der Waals surface area contributed by atoms with Gasteiger partial charge in [0, 0.05) is 5.39 Å². The first-order valence-electron chi connectivity index (χ1n) is 5.00. The molecule has 0 atom stereocenters. The van der Waals surface area contributed by atoms with Crippen LogP contribution in [0.5, 0.6) is 5.75 Å². The van der Waals surface area contributed by atoms with Crippen LogP contribution >= 0.6 is 0 Å². The lowest BCUT2D eigenvalue weighted by molar-refractivity contribution is 0.340. The molecule has 2 N–H and O–H groups in total. The molecule has 3 heteroatoms. The van der Waals surface area contributed by atoms with Crippen LogP contribution in [0, 0.1) is 6.92 Å². The van der Waals surface area contributed by atoms with E-state index in [1.807, 2.05) is 38.1 Å². The summed E-state index contributed by atoms with van der Waals surface area (Å²) in [4.78, 5) is 4.30. The smallest absolute Gasteiger partial charge is 0.127 e. The molecule has 0 aliphatic carbocycles. The van der Waals surface area contributed by atoms with E-state index in [2.05, 4.69) is 4.98 Å². The number of aromatic nitrogens is 1. The first-order chi connectivity index (χ1) is 7.20. The van der Waals surface area contributed by atoms with Crippen LogP contribution in [-0.4, -0.2) is 11.6 Å². The predicted molar refractivity (Wildman–Crippen MR) is 62.1 cm³/mol. The Morgan fingerprint density at radius 2 is 2.13 bits per heavy atom. The molecule has 0 aliphatic rings. The fraction of sp³-hybridized carbons (Fsp3) is 0.250. The maximum absolute atomic E-state index is 5.74. The minimum absolute atomic E-state index is 0.589. The zero-order valence-electron chi connectivity index (χ0n) is 8.95. The summed E-state index contributed by atoms with van der Waals surface area (Å²) < 4.78 is 5.43. The van der Waals surface area contributed by atoms with Gasteiger partial charge < -0.3 is 10.5 Å². The zero-order chi connectivity index (χ0) is 10.8. The van der Waals surface area contributed by atoms with E-state index in [1.165, 1.54) is 0 Å². The quantitative estimate of drug-likeness (QED) is 0.814. The van der Waals surface area contributed by atoms with Gasteiger partial charge in [-0.05, 0) is 43.7 Å². The Morgan fingerprint density at radius 3 is 2.87 bits per heavy atom. The fourth-order valence-electron chi connectivity index (χ4n) is 1.53. The third-order valence-corrected chi connectivity index (χ3v) is 2.33. The van der Waals surface area contributed by atoms with Gasteiger partial charge in [-0.3, -0.25) is 0 Å². The monoisotopic (exact) mass is 202 g/mol. The second kappa shape index (κ2) is 3.77. The largest absolute Gasteiger partial charge is 0.494 e. The summed E-state index contributed by atoms with van der Waals surface area (Å²) in [7, 11) is 0. The van der Waals surface area contributed by atoms with Crippen molar-refractivity contribution in [3.8, 4) is 5.75 Å². The predicted octanol–water partition coefficient (Wildman–Crippen LogP) is 2.52. The van der Waals surface area contributed by atoms with Gasteiger partial charge in [-0.1, -0.05) is 0 Å². The molecule has 0 spiro atoms. The average molecular weight is 202 g/mol. The Balaban J connectivity index is 2.56. The van der Waals surface area contributed by atoms with Gasteiger partial charge in [-0.25, -0.2) is 4.98 Å². The van der Waals surface area contributed by atoms with E-state index in [-0.39, 0.29) is 0 Å². The van der Waals surface area contributed by atoms with Crippen LogP contribution in [0.2, 0.25) is 0 Å². The molecule has 2 rings (SSSR count). The van der Waals surface area contributed by atoms with Crippen molar-refractivity contribution < 1.29 is 4.74 Å². The molecule has 0 radical (unpaired) electrons. The number of hydrogen-bond donors (Lipinski definition) is 1. The van der Waals surface area contributed by atoms with E-state index in [9.17, 15) is 0 Å².